The van der Waals surface area contributed by atoms with Crippen molar-refractivity contribution in [3.63, 3.8) is 0 Å². The zero-order valence-electron chi connectivity index (χ0n) is 8.86. The summed E-state index contributed by atoms with van der Waals surface area (Å²) >= 11 is 0. The van der Waals surface area contributed by atoms with Crippen LogP contribution in [0.1, 0.15) is 26.0 Å². The van der Waals surface area contributed by atoms with Gasteiger partial charge in [-0.25, -0.2) is 0 Å². The molecule has 3 heteroatoms. The Morgan fingerprint density at radius 2 is 2.29 bits per heavy atom. The molecule has 2 N–H and O–H groups in total. The molecule has 1 rings (SSSR count). The molecule has 0 aromatic carbocycles. The summed E-state index contributed by atoms with van der Waals surface area (Å²) in [5.41, 5.74) is 6.45. The topological polar surface area (TPSA) is 48.1 Å². The predicted octanol–water partition coefficient (Wildman–Crippen LogP) is 1.76. The largest absolute Gasteiger partial charge is 0.489 e. The van der Waals surface area contributed by atoms with Crippen molar-refractivity contribution < 1.29 is 4.74 Å². The normalized spacial score (nSPS) is 12.5. The Kier molecular flexibility index (Phi) is 4.40. The first-order valence-electron chi connectivity index (χ1n) is 5.08. The quantitative estimate of drug-likeness (QED) is 0.777. The van der Waals surface area contributed by atoms with Crippen molar-refractivity contribution in [1.29, 1.82) is 0 Å². The van der Waals surface area contributed by atoms with Crippen LogP contribution in [0.3, 0.4) is 0 Å². The molecule has 1 aromatic rings. The highest BCUT2D eigenvalue weighted by Crippen LogP contribution is 2.12. The van der Waals surface area contributed by atoms with E-state index in [1.54, 1.807) is 6.20 Å². The lowest BCUT2D eigenvalue weighted by Gasteiger charge is -2.12. The van der Waals surface area contributed by atoms with Crippen LogP contribution < -0.4 is 10.5 Å². The molecule has 1 heterocycles. The predicted molar refractivity (Wildman–Crippen MR) is 57.4 cm³/mol. The van der Waals surface area contributed by atoms with Crippen LogP contribution in [0.15, 0.2) is 18.3 Å². The molecule has 0 aliphatic heterocycles. The Labute approximate surface area is 85.3 Å². The molecule has 1 unspecified atom stereocenters. The van der Waals surface area contributed by atoms with Crippen LogP contribution in [-0.4, -0.2) is 17.6 Å². The molecule has 0 spiro atoms. The highest BCUT2D eigenvalue weighted by Gasteiger charge is 2.01. The Balaban J connectivity index is 2.54. The average Bonchev–Trinajstić information content (AvgIpc) is 2.21. The Hall–Kier alpha value is -1.09. The van der Waals surface area contributed by atoms with Crippen molar-refractivity contribution in [3.05, 3.63) is 24.0 Å². The minimum absolute atomic E-state index is 0.247. The maximum Gasteiger partial charge on any atom is 0.138 e. The van der Waals surface area contributed by atoms with E-state index in [9.17, 15) is 0 Å². The SMILES string of the molecule is CCC(C)Oc1ccc(CCN)nc1. The fourth-order valence-corrected chi connectivity index (χ4v) is 1.09. The van der Waals surface area contributed by atoms with Gasteiger partial charge in [-0.15, -0.1) is 0 Å². The lowest BCUT2D eigenvalue weighted by molar-refractivity contribution is 0.216. The number of ether oxygens (including phenoxy) is 1. The third kappa shape index (κ3) is 3.34. The zero-order valence-corrected chi connectivity index (χ0v) is 8.86. The van der Waals surface area contributed by atoms with Gasteiger partial charge in [0.2, 0.25) is 0 Å². The third-order valence-electron chi connectivity index (χ3n) is 2.11. The number of pyridine rings is 1. The first kappa shape index (κ1) is 11.0. The number of hydrogen-bond donors (Lipinski definition) is 1. The number of nitrogens with two attached hydrogens (primary N) is 1. The van der Waals surface area contributed by atoms with Crippen molar-refractivity contribution >= 4 is 0 Å². The van der Waals surface area contributed by atoms with Crippen LogP contribution >= 0.6 is 0 Å². The molecule has 0 aliphatic rings. The van der Waals surface area contributed by atoms with Gasteiger partial charge in [0.05, 0.1) is 12.3 Å². The molecular weight excluding hydrogens is 176 g/mol. The molecular formula is C11H18N2O. The Morgan fingerprint density at radius 3 is 2.79 bits per heavy atom. The average molecular weight is 194 g/mol. The number of aromatic nitrogens is 1. The van der Waals surface area contributed by atoms with Gasteiger partial charge < -0.3 is 10.5 Å². The van der Waals surface area contributed by atoms with E-state index in [2.05, 4.69) is 11.9 Å². The standard InChI is InChI=1S/C11H18N2O/c1-3-9(2)14-11-5-4-10(6-7-12)13-8-11/h4-5,8-9H,3,6-7,12H2,1-2H3. The van der Waals surface area contributed by atoms with Crippen LogP contribution in [0.5, 0.6) is 5.75 Å². The molecule has 1 aromatic heterocycles. The van der Waals surface area contributed by atoms with Gasteiger partial charge in [-0.2, -0.15) is 0 Å². The van der Waals surface area contributed by atoms with Crippen LogP contribution in [0.2, 0.25) is 0 Å². The van der Waals surface area contributed by atoms with E-state index >= 15 is 0 Å². The summed E-state index contributed by atoms with van der Waals surface area (Å²) in [6.07, 6.45) is 3.84. The first-order chi connectivity index (χ1) is 6.76. The van der Waals surface area contributed by atoms with Gasteiger partial charge in [0, 0.05) is 12.1 Å². The molecule has 0 saturated heterocycles. The van der Waals surface area contributed by atoms with Gasteiger partial charge in [-0.05, 0) is 32.0 Å². The summed E-state index contributed by atoms with van der Waals surface area (Å²) in [6.45, 7) is 4.78. The third-order valence-corrected chi connectivity index (χ3v) is 2.11. The second-order valence-corrected chi connectivity index (χ2v) is 3.36. The van der Waals surface area contributed by atoms with Gasteiger partial charge in [-0.3, -0.25) is 4.98 Å². The minimum Gasteiger partial charge on any atom is -0.489 e. The molecule has 0 aliphatic carbocycles. The molecule has 0 amide bonds. The van der Waals surface area contributed by atoms with E-state index < -0.39 is 0 Å². The van der Waals surface area contributed by atoms with E-state index in [0.717, 1.165) is 24.3 Å². The second-order valence-electron chi connectivity index (χ2n) is 3.36. The molecule has 0 bridgehead atoms. The van der Waals surface area contributed by atoms with Crippen LogP contribution in [0.25, 0.3) is 0 Å². The van der Waals surface area contributed by atoms with Gasteiger partial charge in [0.15, 0.2) is 0 Å². The van der Waals surface area contributed by atoms with Gasteiger partial charge in [-0.1, -0.05) is 6.92 Å². The lowest BCUT2D eigenvalue weighted by Crippen LogP contribution is -2.10. The molecule has 14 heavy (non-hydrogen) atoms. The van der Waals surface area contributed by atoms with Crippen molar-refractivity contribution in [2.45, 2.75) is 32.8 Å². The molecule has 1 atom stereocenters. The fourth-order valence-electron chi connectivity index (χ4n) is 1.09. The molecule has 3 nitrogen and oxygen atoms in total. The van der Waals surface area contributed by atoms with Crippen LogP contribution in [-0.2, 0) is 6.42 Å². The van der Waals surface area contributed by atoms with Gasteiger partial charge >= 0.3 is 0 Å². The highest BCUT2D eigenvalue weighted by molar-refractivity contribution is 5.20. The van der Waals surface area contributed by atoms with E-state index in [4.69, 9.17) is 10.5 Å². The highest BCUT2D eigenvalue weighted by atomic mass is 16.5. The van der Waals surface area contributed by atoms with Gasteiger partial charge in [0.1, 0.15) is 5.75 Å². The second kappa shape index (κ2) is 5.60. The number of rotatable bonds is 5. The fraction of sp³-hybridized carbons (Fsp3) is 0.545. The monoisotopic (exact) mass is 194 g/mol. The lowest BCUT2D eigenvalue weighted by atomic mass is 10.2. The summed E-state index contributed by atoms with van der Waals surface area (Å²) in [4.78, 5) is 4.25. The Bertz CT molecular complexity index is 258. The summed E-state index contributed by atoms with van der Waals surface area (Å²) < 4.78 is 5.60. The van der Waals surface area contributed by atoms with Crippen LogP contribution in [0, 0.1) is 0 Å². The summed E-state index contributed by atoms with van der Waals surface area (Å²) in [6, 6.07) is 3.91. The molecule has 0 fully saturated rings. The summed E-state index contributed by atoms with van der Waals surface area (Å²) in [5, 5.41) is 0. The van der Waals surface area contributed by atoms with Crippen molar-refractivity contribution in [1.82, 2.24) is 4.98 Å². The van der Waals surface area contributed by atoms with E-state index in [-0.39, 0.29) is 6.10 Å². The summed E-state index contributed by atoms with van der Waals surface area (Å²) in [5.74, 6) is 0.833. The molecule has 78 valence electrons. The van der Waals surface area contributed by atoms with E-state index in [0.29, 0.717) is 6.54 Å². The number of hydrogen-bond acceptors (Lipinski definition) is 3. The van der Waals surface area contributed by atoms with Crippen LogP contribution in [0.4, 0.5) is 0 Å². The van der Waals surface area contributed by atoms with Crippen molar-refractivity contribution in [3.8, 4) is 5.75 Å². The minimum atomic E-state index is 0.247. The Morgan fingerprint density at radius 1 is 1.50 bits per heavy atom. The molecule has 0 radical (unpaired) electrons. The zero-order chi connectivity index (χ0) is 10.4. The van der Waals surface area contributed by atoms with E-state index in [1.807, 2.05) is 19.1 Å². The van der Waals surface area contributed by atoms with Crippen molar-refractivity contribution in [2.75, 3.05) is 6.54 Å². The van der Waals surface area contributed by atoms with Crippen molar-refractivity contribution in [2.24, 2.45) is 5.73 Å². The summed E-state index contributed by atoms with van der Waals surface area (Å²) in [7, 11) is 0. The van der Waals surface area contributed by atoms with E-state index in [1.165, 1.54) is 0 Å². The number of nitrogens with zero attached hydrogens (tertiary/aromatic N) is 1. The van der Waals surface area contributed by atoms with Gasteiger partial charge in [0.25, 0.3) is 0 Å². The first-order valence-corrected chi connectivity index (χ1v) is 5.08. The molecule has 0 saturated carbocycles. The smallest absolute Gasteiger partial charge is 0.138 e. The maximum absolute atomic E-state index is 5.60. The maximum atomic E-state index is 5.60.